The van der Waals surface area contributed by atoms with Crippen LogP contribution in [-0.2, 0) is 25.2 Å². The number of aromatic amines is 2. The molecule has 0 bridgehead atoms. The fourth-order valence-corrected chi connectivity index (χ4v) is 7.19. The molecule has 60 heavy (non-hydrogen) atoms. The number of alkyl halides is 6. The topological polar surface area (TPSA) is 168 Å². The second-order valence-electron chi connectivity index (χ2n) is 14.2. The van der Waals surface area contributed by atoms with Crippen LogP contribution in [0, 0.1) is 13.8 Å². The quantitative estimate of drug-likeness (QED) is 0.120. The predicted octanol–water partition coefficient (Wildman–Crippen LogP) is 7.54. The van der Waals surface area contributed by atoms with Crippen molar-refractivity contribution in [3.8, 4) is 23.0 Å². The second-order valence-corrected chi connectivity index (χ2v) is 14.2. The van der Waals surface area contributed by atoms with Crippen molar-refractivity contribution in [3.63, 3.8) is 0 Å². The number of nitrogens with one attached hydrogen (secondary N) is 4. The average Bonchev–Trinajstić information content (AvgIpc) is 3.18. The van der Waals surface area contributed by atoms with E-state index in [1.807, 2.05) is 26.0 Å². The van der Waals surface area contributed by atoms with Crippen LogP contribution in [0.4, 0.5) is 26.3 Å². The molecule has 2 amide bonds. The van der Waals surface area contributed by atoms with E-state index in [-0.39, 0.29) is 0 Å². The highest BCUT2D eigenvalue weighted by molar-refractivity contribution is 5.95. The summed E-state index contributed by atoms with van der Waals surface area (Å²) < 4.78 is 91.5. The van der Waals surface area contributed by atoms with Crippen LogP contribution in [-0.4, -0.2) is 31.8 Å². The number of rotatable bonds is 7. The highest BCUT2D eigenvalue weighted by atomic mass is 19.4. The van der Waals surface area contributed by atoms with Gasteiger partial charge in [-0.05, 0) is 73.2 Å². The molecule has 4 heterocycles. The SMILES string of the molecule is Cc1ccc2c(c1)Oc1cc(CCc3cccc4c3C(NC(=O)c3cnc(C(F)(F)F)[nH]c3=O)c3ccc(C)cc3O4)ccc1C2NC(=O)c1cnc(C(F)(F)F)[nH]c1=O. The number of carbonyl (C=O) groups is 2. The zero-order valence-electron chi connectivity index (χ0n) is 31.3. The third-order valence-corrected chi connectivity index (χ3v) is 10.1. The lowest BCUT2D eigenvalue weighted by molar-refractivity contribution is -0.145. The van der Waals surface area contributed by atoms with Gasteiger partial charge in [-0.1, -0.05) is 48.5 Å². The molecule has 4 N–H and O–H groups in total. The van der Waals surface area contributed by atoms with Gasteiger partial charge < -0.3 is 30.1 Å². The van der Waals surface area contributed by atoms with Crippen molar-refractivity contribution >= 4 is 11.8 Å². The molecule has 6 aromatic rings. The Hall–Kier alpha value is -7.24. The Morgan fingerprint density at radius 1 is 0.633 bits per heavy atom. The standard InChI is InChI=1S/C42H30F6N6O6/c1-19-6-11-23-29(14-19)60-31-16-21(9-13-24(31)33(23)51-35(55)26-17-49-39(41(43,44)45)53-37(26)57)8-10-22-4-3-5-28-32(22)34(25-12-7-20(2)15-30(25)59-28)52-36(56)27-18-50-40(42(46,47)48)54-38(27)58/h3-7,9,11-18,33-34H,8,10H2,1-2H3,(H,51,55)(H,52,56)(H,49,53,57)(H,50,54,58). The molecule has 0 saturated carbocycles. The van der Waals surface area contributed by atoms with E-state index in [0.29, 0.717) is 70.5 Å². The Bertz CT molecular complexity index is 2850. The summed E-state index contributed by atoms with van der Waals surface area (Å²) in [5.41, 5.74) is 1.62. The molecule has 0 radical (unpaired) electrons. The summed E-state index contributed by atoms with van der Waals surface area (Å²) >= 11 is 0. The lowest BCUT2D eigenvalue weighted by Gasteiger charge is -2.31. The van der Waals surface area contributed by atoms with E-state index in [2.05, 4.69) is 20.6 Å². The maximum absolute atomic E-state index is 13.6. The van der Waals surface area contributed by atoms with E-state index in [4.69, 9.17) is 9.47 Å². The Morgan fingerprint density at radius 2 is 1.12 bits per heavy atom. The van der Waals surface area contributed by atoms with E-state index >= 15 is 0 Å². The first-order valence-corrected chi connectivity index (χ1v) is 18.2. The van der Waals surface area contributed by atoms with Gasteiger partial charge in [0.15, 0.2) is 0 Å². The van der Waals surface area contributed by atoms with Crippen molar-refractivity contribution in [1.82, 2.24) is 30.6 Å². The first-order valence-electron chi connectivity index (χ1n) is 18.2. The average molecular weight is 829 g/mol. The van der Waals surface area contributed by atoms with Gasteiger partial charge in [0.1, 0.15) is 34.1 Å². The molecule has 2 atom stereocenters. The number of hydrogen-bond acceptors (Lipinski definition) is 8. The van der Waals surface area contributed by atoms with Gasteiger partial charge in [0.05, 0.1) is 12.1 Å². The van der Waals surface area contributed by atoms with Crippen LogP contribution >= 0.6 is 0 Å². The lowest BCUT2D eigenvalue weighted by atomic mass is 9.87. The Kier molecular flexibility index (Phi) is 9.80. The van der Waals surface area contributed by atoms with E-state index < -0.39 is 70.1 Å². The van der Waals surface area contributed by atoms with Crippen molar-refractivity contribution in [2.75, 3.05) is 0 Å². The highest BCUT2D eigenvalue weighted by Crippen LogP contribution is 2.46. The molecule has 0 fully saturated rings. The minimum absolute atomic E-state index is 0.374. The summed E-state index contributed by atoms with van der Waals surface area (Å²) in [5, 5.41) is 5.56. The van der Waals surface area contributed by atoms with Crippen LogP contribution in [0.5, 0.6) is 23.0 Å². The van der Waals surface area contributed by atoms with Crippen LogP contribution in [0.25, 0.3) is 0 Å². The number of halogens is 6. The smallest absolute Gasteiger partial charge is 0.449 e. The van der Waals surface area contributed by atoms with Gasteiger partial charge in [0, 0.05) is 34.6 Å². The van der Waals surface area contributed by atoms with Crippen LogP contribution in [0.3, 0.4) is 0 Å². The molecule has 0 spiro atoms. The van der Waals surface area contributed by atoms with Crippen molar-refractivity contribution in [2.24, 2.45) is 0 Å². The largest absolute Gasteiger partial charge is 0.457 e. The molecule has 4 aromatic carbocycles. The molecule has 2 aliphatic heterocycles. The third kappa shape index (κ3) is 7.58. The van der Waals surface area contributed by atoms with E-state index in [0.717, 1.165) is 22.3 Å². The fourth-order valence-electron chi connectivity index (χ4n) is 7.19. The molecule has 2 aromatic heterocycles. The number of hydrogen-bond donors (Lipinski definition) is 4. The number of fused-ring (bicyclic) bond motifs is 4. The molecular weight excluding hydrogens is 798 g/mol. The third-order valence-electron chi connectivity index (χ3n) is 10.1. The number of carbonyl (C=O) groups excluding carboxylic acids is 2. The van der Waals surface area contributed by atoms with Crippen molar-refractivity contribution in [2.45, 2.75) is 51.1 Å². The molecular formula is C42H30F6N6O6. The van der Waals surface area contributed by atoms with Gasteiger partial charge in [-0.3, -0.25) is 19.2 Å². The number of H-pyrrole nitrogens is 2. The number of aromatic nitrogens is 4. The molecule has 18 heteroatoms. The Balaban J connectivity index is 1.09. The Morgan fingerprint density at radius 3 is 1.65 bits per heavy atom. The van der Waals surface area contributed by atoms with Crippen molar-refractivity contribution in [3.05, 3.63) is 173 Å². The Labute approximate surface area is 334 Å². The van der Waals surface area contributed by atoms with Crippen LogP contribution in [0.1, 0.15) is 89.0 Å². The molecule has 2 aliphatic rings. The van der Waals surface area contributed by atoms with Gasteiger partial charge in [-0.15, -0.1) is 0 Å². The first-order chi connectivity index (χ1) is 28.4. The van der Waals surface area contributed by atoms with Gasteiger partial charge >= 0.3 is 12.4 Å². The maximum atomic E-state index is 13.6. The zero-order valence-corrected chi connectivity index (χ0v) is 31.3. The fraction of sp³-hybridized carbons (Fsp3) is 0.190. The summed E-state index contributed by atoms with van der Waals surface area (Å²) in [4.78, 5) is 61.8. The van der Waals surface area contributed by atoms with E-state index in [1.165, 1.54) is 0 Å². The summed E-state index contributed by atoms with van der Waals surface area (Å²) in [7, 11) is 0. The van der Waals surface area contributed by atoms with Gasteiger partial charge in [0.2, 0.25) is 11.6 Å². The summed E-state index contributed by atoms with van der Waals surface area (Å²) in [6.45, 7) is 3.70. The van der Waals surface area contributed by atoms with Crippen molar-refractivity contribution < 1.29 is 45.4 Å². The minimum atomic E-state index is -4.93. The minimum Gasteiger partial charge on any atom is -0.457 e. The second kappa shape index (κ2) is 14.9. The number of nitrogens with zero attached hydrogens (tertiary/aromatic N) is 2. The number of ether oxygens (including phenoxy) is 2. The molecule has 0 saturated heterocycles. The zero-order chi connectivity index (χ0) is 42.7. The van der Waals surface area contributed by atoms with Gasteiger partial charge in [-0.25, -0.2) is 9.97 Å². The molecule has 8 rings (SSSR count). The first kappa shape index (κ1) is 39.6. The summed E-state index contributed by atoms with van der Waals surface area (Å²) in [6, 6.07) is 19.5. The number of aryl methyl sites for hydroxylation is 4. The highest BCUT2D eigenvalue weighted by Gasteiger charge is 2.37. The van der Waals surface area contributed by atoms with Crippen molar-refractivity contribution in [1.29, 1.82) is 0 Å². The van der Waals surface area contributed by atoms with Crippen LogP contribution in [0.2, 0.25) is 0 Å². The van der Waals surface area contributed by atoms with Crippen LogP contribution < -0.4 is 31.2 Å². The van der Waals surface area contributed by atoms with E-state index in [9.17, 15) is 45.5 Å². The molecule has 0 aliphatic carbocycles. The van der Waals surface area contributed by atoms with Gasteiger partial charge in [0.25, 0.3) is 22.9 Å². The maximum Gasteiger partial charge on any atom is 0.449 e. The predicted molar refractivity (Wildman–Crippen MR) is 201 cm³/mol. The lowest BCUT2D eigenvalue weighted by Crippen LogP contribution is -2.36. The summed E-state index contributed by atoms with van der Waals surface area (Å²) in [5.74, 6) is -3.36. The molecule has 12 nitrogen and oxygen atoms in total. The normalized spacial score (nSPS) is 15.3. The number of amides is 2. The molecule has 306 valence electrons. The molecule has 2 unspecified atom stereocenters. The monoisotopic (exact) mass is 828 g/mol. The number of benzene rings is 4. The van der Waals surface area contributed by atoms with E-state index in [1.54, 1.807) is 70.6 Å². The van der Waals surface area contributed by atoms with Gasteiger partial charge in [-0.2, -0.15) is 26.3 Å². The van der Waals surface area contributed by atoms with Crippen LogP contribution in [0.15, 0.2) is 94.8 Å². The summed E-state index contributed by atoms with van der Waals surface area (Å²) in [6.07, 6.45) is -7.91.